The first-order chi connectivity index (χ1) is 9.06. The summed E-state index contributed by atoms with van der Waals surface area (Å²) >= 11 is 0. The van der Waals surface area contributed by atoms with E-state index in [1.54, 1.807) is 0 Å². The molecule has 1 aliphatic heterocycles. The Hall–Kier alpha value is -0.570. The maximum Gasteiger partial charge on any atom is 0.228 e. The molecule has 1 heterocycles. The molecule has 3 heteroatoms. The fourth-order valence-electron chi connectivity index (χ4n) is 3.08. The van der Waals surface area contributed by atoms with Crippen LogP contribution in [0.2, 0.25) is 0 Å². The van der Waals surface area contributed by atoms with Crippen molar-refractivity contribution >= 4 is 5.91 Å². The lowest BCUT2D eigenvalue weighted by Crippen LogP contribution is -2.49. The van der Waals surface area contributed by atoms with Crippen molar-refractivity contribution in [3.63, 3.8) is 0 Å². The molecule has 0 aliphatic carbocycles. The van der Waals surface area contributed by atoms with Gasteiger partial charge in [-0.3, -0.25) is 4.79 Å². The highest BCUT2D eigenvalue weighted by Crippen LogP contribution is 2.34. The smallest absolute Gasteiger partial charge is 0.228 e. The summed E-state index contributed by atoms with van der Waals surface area (Å²) in [5, 5.41) is 6.70. The van der Waals surface area contributed by atoms with E-state index in [0.717, 1.165) is 38.8 Å². The summed E-state index contributed by atoms with van der Waals surface area (Å²) in [4.78, 5) is 12.7. The van der Waals surface area contributed by atoms with Gasteiger partial charge in [0.1, 0.15) is 0 Å². The maximum absolute atomic E-state index is 12.7. The molecule has 19 heavy (non-hydrogen) atoms. The Morgan fingerprint density at radius 3 is 2.47 bits per heavy atom. The summed E-state index contributed by atoms with van der Waals surface area (Å²) in [6, 6.07) is 0.369. The van der Waals surface area contributed by atoms with E-state index in [1.165, 1.54) is 12.8 Å². The SMILES string of the molecule is CCCCC(CCC)NC(=O)C1(C(C)C)CCNC1. The summed E-state index contributed by atoms with van der Waals surface area (Å²) in [6.07, 6.45) is 6.75. The standard InChI is InChI=1S/C16H32N2O/c1-5-7-9-14(8-6-2)18-15(19)16(13(3)4)10-11-17-12-16/h13-14,17H,5-12H2,1-4H3,(H,18,19). The van der Waals surface area contributed by atoms with Gasteiger partial charge in [-0.05, 0) is 31.7 Å². The third-order valence-electron chi connectivity index (χ3n) is 4.62. The molecule has 2 N–H and O–H groups in total. The highest BCUT2D eigenvalue weighted by Gasteiger charge is 2.44. The third kappa shape index (κ3) is 4.20. The van der Waals surface area contributed by atoms with Gasteiger partial charge in [0.25, 0.3) is 0 Å². The maximum atomic E-state index is 12.7. The highest BCUT2D eigenvalue weighted by molar-refractivity contribution is 5.83. The lowest BCUT2D eigenvalue weighted by atomic mass is 9.75. The molecular weight excluding hydrogens is 236 g/mol. The van der Waals surface area contributed by atoms with Gasteiger partial charge in [-0.25, -0.2) is 0 Å². The number of hydrogen-bond acceptors (Lipinski definition) is 2. The lowest BCUT2D eigenvalue weighted by molar-refractivity contribution is -0.133. The largest absolute Gasteiger partial charge is 0.353 e. The summed E-state index contributed by atoms with van der Waals surface area (Å²) in [6.45, 7) is 10.6. The summed E-state index contributed by atoms with van der Waals surface area (Å²) in [5.74, 6) is 0.679. The zero-order valence-electron chi connectivity index (χ0n) is 13.2. The molecule has 1 aliphatic rings. The van der Waals surface area contributed by atoms with Crippen LogP contribution in [0.3, 0.4) is 0 Å². The van der Waals surface area contributed by atoms with Crippen molar-refractivity contribution in [2.75, 3.05) is 13.1 Å². The predicted molar refractivity (Wildman–Crippen MR) is 81.1 cm³/mol. The molecule has 0 aromatic heterocycles. The van der Waals surface area contributed by atoms with E-state index in [9.17, 15) is 4.79 Å². The molecule has 0 saturated carbocycles. The molecule has 1 saturated heterocycles. The van der Waals surface area contributed by atoms with Gasteiger partial charge in [0.15, 0.2) is 0 Å². The van der Waals surface area contributed by atoms with Crippen molar-refractivity contribution in [1.82, 2.24) is 10.6 Å². The molecule has 112 valence electrons. The topological polar surface area (TPSA) is 41.1 Å². The van der Waals surface area contributed by atoms with E-state index in [0.29, 0.717) is 12.0 Å². The number of amides is 1. The van der Waals surface area contributed by atoms with Crippen molar-refractivity contribution in [2.45, 2.75) is 72.3 Å². The van der Waals surface area contributed by atoms with Gasteiger partial charge >= 0.3 is 0 Å². The Balaban J connectivity index is 2.63. The van der Waals surface area contributed by atoms with Crippen molar-refractivity contribution in [1.29, 1.82) is 0 Å². The Kier molecular flexibility index (Phi) is 6.84. The van der Waals surface area contributed by atoms with Gasteiger partial charge < -0.3 is 10.6 Å². The first-order valence-corrected chi connectivity index (χ1v) is 8.08. The molecule has 2 atom stereocenters. The van der Waals surface area contributed by atoms with Crippen LogP contribution in [0, 0.1) is 11.3 Å². The third-order valence-corrected chi connectivity index (χ3v) is 4.62. The Morgan fingerprint density at radius 2 is 2.00 bits per heavy atom. The quantitative estimate of drug-likeness (QED) is 0.710. The fraction of sp³-hybridized carbons (Fsp3) is 0.938. The second-order valence-electron chi connectivity index (χ2n) is 6.34. The highest BCUT2D eigenvalue weighted by atomic mass is 16.2. The average Bonchev–Trinajstić information content (AvgIpc) is 2.86. The second-order valence-corrected chi connectivity index (χ2v) is 6.34. The van der Waals surface area contributed by atoms with E-state index in [1.807, 2.05) is 0 Å². The van der Waals surface area contributed by atoms with Crippen LogP contribution in [-0.2, 0) is 4.79 Å². The van der Waals surface area contributed by atoms with Gasteiger partial charge in [0.2, 0.25) is 5.91 Å². The molecule has 0 bridgehead atoms. The molecular formula is C16H32N2O. The van der Waals surface area contributed by atoms with Crippen molar-refractivity contribution in [3.8, 4) is 0 Å². The Bertz CT molecular complexity index is 270. The monoisotopic (exact) mass is 268 g/mol. The minimum absolute atomic E-state index is 0.182. The van der Waals surface area contributed by atoms with E-state index in [2.05, 4.69) is 38.3 Å². The molecule has 0 spiro atoms. The van der Waals surface area contributed by atoms with Crippen LogP contribution in [-0.4, -0.2) is 25.0 Å². The fourth-order valence-corrected chi connectivity index (χ4v) is 3.08. The van der Waals surface area contributed by atoms with E-state index < -0.39 is 0 Å². The van der Waals surface area contributed by atoms with Gasteiger partial charge in [-0.15, -0.1) is 0 Å². The van der Waals surface area contributed by atoms with Crippen LogP contribution < -0.4 is 10.6 Å². The first-order valence-electron chi connectivity index (χ1n) is 8.08. The van der Waals surface area contributed by atoms with Crippen LogP contribution in [0.25, 0.3) is 0 Å². The number of hydrogen-bond donors (Lipinski definition) is 2. The molecule has 1 rings (SSSR count). The number of carbonyl (C=O) groups is 1. The van der Waals surface area contributed by atoms with Gasteiger partial charge in [-0.2, -0.15) is 0 Å². The molecule has 2 unspecified atom stereocenters. The zero-order chi connectivity index (χ0) is 14.3. The van der Waals surface area contributed by atoms with Crippen molar-refractivity contribution in [2.24, 2.45) is 11.3 Å². The van der Waals surface area contributed by atoms with E-state index >= 15 is 0 Å². The molecule has 3 nitrogen and oxygen atoms in total. The number of nitrogens with one attached hydrogen (secondary N) is 2. The molecule has 0 aromatic rings. The minimum Gasteiger partial charge on any atom is -0.353 e. The Labute approximate surface area is 118 Å². The number of unbranched alkanes of at least 4 members (excludes halogenated alkanes) is 1. The van der Waals surface area contributed by atoms with Gasteiger partial charge in [-0.1, -0.05) is 47.0 Å². The molecule has 1 fully saturated rings. The summed E-state index contributed by atoms with van der Waals surface area (Å²) in [7, 11) is 0. The predicted octanol–water partition coefficient (Wildman–Crippen LogP) is 3.10. The van der Waals surface area contributed by atoms with Crippen LogP contribution in [0.4, 0.5) is 0 Å². The Morgan fingerprint density at radius 1 is 1.26 bits per heavy atom. The molecule has 1 amide bonds. The molecule has 0 aromatic carbocycles. The van der Waals surface area contributed by atoms with Crippen molar-refractivity contribution < 1.29 is 4.79 Å². The number of carbonyl (C=O) groups excluding carboxylic acids is 1. The van der Waals surface area contributed by atoms with Crippen LogP contribution in [0.15, 0.2) is 0 Å². The van der Waals surface area contributed by atoms with E-state index in [-0.39, 0.29) is 11.3 Å². The lowest BCUT2D eigenvalue weighted by Gasteiger charge is -2.33. The molecule has 0 radical (unpaired) electrons. The van der Waals surface area contributed by atoms with Gasteiger partial charge in [0.05, 0.1) is 5.41 Å². The number of rotatable bonds is 8. The zero-order valence-corrected chi connectivity index (χ0v) is 13.2. The van der Waals surface area contributed by atoms with Crippen LogP contribution >= 0.6 is 0 Å². The van der Waals surface area contributed by atoms with Crippen LogP contribution in [0.5, 0.6) is 0 Å². The van der Waals surface area contributed by atoms with Gasteiger partial charge in [0, 0.05) is 12.6 Å². The normalized spacial score (nSPS) is 24.7. The minimum atomic E-state index is -0.182. The second kappa shape index (κ2) is 7.88. The summed E-state index contributed by atoms with van der Waals surface area (Å²) < 4.78 is 0. The summed E-state index contributed by atoms with van der Waals surface area (Å²) in [5.41, 5.74) is -0.182. The van der Waals surface area contributed by atoms with Crippen molar-refractivity contribution in [3.05, 3.63) is 0 Å². The average molecular weight is 268 g/mol. The van der Waals surface area contributed by atoms with Crippen LogP contribution in [0.1, 0.15) is 66.2 Å². The van der Waals surface area contributed by atoms with E-state index in [4.69, 9.17) is 0 Å². The first kappa shape index (κ1) is 16.5.